The molecule has 3 rings (SSSR count). The van der Waals surface area contributed by atoms with Crippen LogP contribution in [0.2, 0.25) is 0 Å². The van der Waals surface area contributed by atoms with E-state index < -0.39 is 0 Å². The van der Waals surface area contributed by atoms with Gasteiger partial charge in [0.1, 0.15) is 11.5 Å². The van der Waals surface area contributed by atoms with Crippen molar-refractivity contribution in [1.29, 1.82) is 0 Å². The summed E-state index contributed by atoms with van der Waals surface area (Å²) >= 11 is 0. The number of carbonyl (C=O) groups is 1. The number of Topliss-reactive ketones (excluding diaryl/α,β-unsaturated/α-hetero) is 1. The minimum atomic E-state index is 0.231. The van der Waals surface area contributed by atoms with Gasteiger partial charge in [0.15, 0.2) is 5.78 Å². The molecule has 0 radical (unpaired) electrons. The van der Waals surface area contributed by atoms with Gasteiger partial charge in [0.2, 0.25) is 0 Å². The van der Waals surface area contributed by atoms with E-state index in [0.717, 1.165) is 40.2 Å². The van der Waals surface area contributed by atoms with Crippen LogP contribution in [-0.4, -0.2) is 20.0 Å². The maximum atomic E-state index is 11.9. The van der Waals surface area contributed by atoms with Crippen molar-refractivity contribution in [3.63, 3.8) is 0 Å². The first-order valence-electron chi connectivity index (χ1n) is 6.62. The van der Waals surface area contributed by atoms with Gasteiger partial charge in [-0.3, -0.25) is 4.79 Å². The summed E-state index contributed by atoms with van der Waals surface area (Å²) in [4.78, 5) is 11.9. The minimum Gasteiger partial charge on any atom is -0.497 e. The van der Waals surface area contributed by atoms with Crippen LogP contribution >= 0.6 is 0 Å². The Hall–Kier alpha value is -2.29. The zero-order valence-electron chi connectivity index (χ0n) is 11.6. The fourth-order valence-corrected chi connectivity index (χ4v) is 2.76. The molecule has 2 aromatic rings. The van der Waals surface area contributed by atoms with E-state index >= 15 is 0 Å². The molecule has 1 aliphatic carbocycles. The van der Waals surface area contributed by atoms with Crippen molar-refractivity contribution >= 4 is 5.78 Å². The van der Waals surface area contributed by atoms with Crippen LogP contribution in [0.3, 0.4) is 0 Å². The monoisotopic (exact) mass is 268 g/mol. The highest BCUT2D eigenvalue weighted by Gasteiger charge is 2.23. The molecule has 0 amide bonds. The molecule has 102 valence electrons. The van der Waals surface area contributed by atoms with Gasteiger partial charge < -0.3 is 9.47 Å². The number of ketones is 1. The molecule has 0 heterocycles. The zero-order chi connectivity index (χ0) is 14.1. The van der Waals surface area contributed by atoms with Gasteiger partial charge in [-0.25, -0.2) is 0 Å². The fourth-order valence-electron chi connectivity index (χ4n) is 2.76. The van der Waals surface area contributed by atoms with Crippen LogP contribution in [0.1, 0.15) is 22.3 Å². The Bertz CT molecular complexity index is 674. The predicted octanol–water partition coefficient (Wildman–Crippen LogP) is 3.50. The molecule has 3 heteroatoms. The second kappa shape index (κ2) is 5.00. The van der Waals surface area contributed by atoms with E-state index in [2.05, 4.69) is 0 Å². The van der Waals surface area contributed by atoms with Gasteiger partial charge in [-0.05, 0) is 29.7 Å². The first kappa shape index (κ1) is 12.7. The summed E-state index contributed by atoms with van der Waals surface area (Å²) in [6, 6.07) is 11.6. The van der Waals surface area contributed by atoms with Gasteiger partial charge in [-0.1, -0.05) is 18.2 Å². The Morgan fingerprint density at radius 3 is 2.45 bits per heavy atom. The third kappa shape index (κ3) is 1.95. The van der Waals surface area contributed by atoms with Gasteiger partial charge in [0.05, 0.1) is 14.2 Å². The number of methoxy groups -OCH3 is 2. The fraction of sp³-hybridized carbons (Fsp3) is 0.235. The number of benzene rings is 2. The maximum absolute atomic E-state index is 11.9. The van der Waals surface area contributed by atoms with Crippen molar-refractivity contribution in [2.75, 3.05) is 14.2 Å². The van der Waals surface area contributed by atoms with E-state index in [9.17, 15) is 4.79 Å². The first-order chi connectivity index (χ1) is 9.74. The van der Waals surface area contributed by atoms with Crippen LogP contribution in [0, 0.1) is 0 Å². The Kier molecular flexibility index (Phi) is 3.18. The maximum Gasteiger partial charge on any atom is 0.163 e. The molecule has 0 bridgehead atoms. The van der Waals surface area contributed by atoms with Crippen LogP contribution in [0.4, 0.5) is 0 Å². The average Bonchev–Trinajstić information content (AvgIpc) is 2.88. The molecule has 0 fully saturated rings. The van der Waals surface area contributed by atoms with Crippen molar-refractivity contribution in [2.24, 2.45) is 0 Å². The highest BCUT2D eigenvalue weighted by Crippen LogP contribution is 2.38. The molecule has 2 aromatic carbocycles. The molecule has 1 aliphatic rings. The zero-order valence-corrected chi connectivity index (χ0v) is 11.6. The van der Waals surface area contributed by atoms with E-state index in [0.29, 0.717) is 6.42 Å². The van der Waals surface area contributed by atoms with Crippen molar-refractivity contribution < 1.29 is 14.3 Å². The van der Waals surface area contributed by atoms with Gasteiger partial charge in [0, 0.05) is 23.6 Å². The van der Waals surface area contributed by atoms with Crippen molar-refractivity contribution in [3.05, 3.63) is 47.5 Å². The summed E-state index contributed by atoms with van der Waals surface area (Å²) in [6.07, 6.45) is 1.41. The third-order valence-electron chi connectivity index (χ3n) is 3.78. The average molecular weight is 268 g/mol. The summed E-state index contributed by atoms with van der Waals surface area (Å²) in [5, 5.41) is 0. The van der Waals surface area contributed by atoms with Crippen molar-refractivity contribution in [3.8, 4) is 22.6 Å². The molecule has 0 unspecified atom stereocenters. The smallest absolute Gasteiger partial charge is 0.163 e. The Morgan fingerprint density at radius 2 is 1.70 bits per heavy atom. The van der Waals surface area contributed by atoms with E-state index in [1.165, 1.54) is 0 Å². The highest BCUT2D eigenvalue weighted by atomic mass is 16.5. The minimum absolute atomic E-state index is 0.231. The SMILES string of the molecule is COc1ccc(-c2cccc3c2CCC3=O)c(OC)c1. The molecule has 0 saturated heterocycles. The molecule has 0 aromatic heterocycles. The Morgan fingerprint density at radius 1 is 0.900 bits per heavy atom. The van der Waals surface area contributed by atoms with Gasteiger partial charge in [-0.2, -0.15) is 0 Å². The topological polar surface area (TPSA) is 35.5 Å². The number of fused-ring (bicyclic) bond motifs is 1. The molecular formula is C17H16O3. The number of hydrogen-bond acceptors (Lipinski definition) is 3. The molecule has 20 heavy (non-hydrogen) atoms. The number of rotatable bonds is 3. The molecule has 0 aliphatic heterocycles. The lowest BCUT2D eigenvalue weighted by Crippen LogP contribution is -1.95. The molecular weight excluding hydrogens is 252 g/mol. The first-order valence-corrected chi connectivity index (χ1v) is 6.62. The number of ether oxygens (including phenoxy) is 2. The van der Waals surface area contributed by atoms with Crippen LogP contribution in [-0.2, 0) is 6.42 Å². The molecule has 0 atom stereocenters. The van der Waals surface area contributed by atoms with Crippen LogP contribution < -0.4 is 9.47 Å². The highest BCUT2D eigenvalue weighted by molar-refractivity contribution is 6.02. The Labute approximate surface area is 118 Å². The number of hydrogen-bond donors (Lipinski definition) is 0. The normalized spacial score (nSPS) is 13.2. The van der Waals surface area contributed by atoms with E-state index in [4.69, 9.17) is 9.47 Å². The summed E-state index contributed by atoms with van der Waals surface area (Å²) in [7, 11) is 3.28. The molecule has 0 saturated carbocycles. The third-order valence-corrected chi connectivity index (χ3v) is 3.78. The summed E-state index contributed by atoms with van der Waals surface area (Å²) in [5.74, 6) is 1.75. The quantitative estimate of drug-likeness (QED) is 0.854. The summed E-state index contributed by atoms with van der Waals surface area (Å²) < 4.78 is 10.7. The summed E-state index contributed by atoms with van der Waals surface area (Å²) in [6.45, 7) is 0. The van der Waals surface area contributed by atoms with E-state index in [1.807, 2.05) is 36.4 Å². The van der Waals surface area contributed by atoms with Crippen molar-refractivity contribution in [2.45, 2.75) is 12.8 Å². The molecule has 3 nitrogen and oxygen atoms in total. The standard InChI is InChI=1S/C17H16O3/c1-19-11-6-7-15(17(10-11)20-2)12-4-3-5-14-13(12)8-9-16(14)18/h3-7,10H,8-9H2,1-2H3. The van der Waals surface area contributed by atoms with Gasteiger partial charge in [-0.15, -0.1) is 0 Å². The van der Waals surface area contributed by atoms with E-state index in [-0.39, 0.29) is 5.78 Å². The molecule has 0 N–H and O–H groups in total. The second-order valence-corrected chi connectivity index (χ2v) is 4.82. The summed E-state index contributed by atoms with van der Waals surface area (Å²) in [5.41, 5.74) is 4.05. The van der Waals surface area contributed by atoms with Crippen LogP contribution in [0.15, 0.2) is 36.4 Å². The van der Waals surface area contributed by atoms with Gasteiger partial charge >= 0.3 is 0 Å². The Balaban J connectivity index is 2.17. The largest absolute Gasteiger partial charge is 0.497 e. The second-order valence-electron chi connectivity index (χ2n) is 4.82. The van der Waals surface area contributed by atoms with Crippen molar-refractivity contribution in [1.82, 2.24) is 0 Å². The van der Waals surface area contributed by atoms with Gasteiger partial charge in [0.25, 0.3) is 0 Å². The lowest BCUT2D eigenvalue weighted by atomic mass is 9.96. The predicted molar refractivity (Wildman–Crippen MR) is 77.6 cm³/mol. The lowest BCUT2D eigenvalue weighted by Gasteiger charge is -2.13. The van der Waals surface area contributed by atoms with Crippen LogP contribution in [0.25, 0.3) is 11.1 Å². The van der Waals surface area contributed by atoms with E-state index in [1.54, 1.807) is 14.2 Å². The van der Waals surface area contributed by atoms with Crippen LogP contribution in [0.5, 0.6) is 11.5 Å². The lowest BCUT2D eigenvalue weighted by molar-refractivity contribution is 0.0994. The molecule has 0 spiro atoms. The number of carbonyl (C=O) groups excluding carboxylic acids is 1.